The summed E-state index contributed by atoms with van der Waals surface area (Å²) < 4.78 is 5.47. The summed E-state index contributed by atoms with van der Waals surface area (Å²) in [7, 11) is 0. The molecule has 0 aromatic heterocycles. The lowest BCUT2D eigenvalue weighted by molar-refractivity contribution is 0.141. The van der Waals surface area contributed by atoms with Crippen molar-refractivity contribution in [1.82, 2.24) is 0 Å². The van der Waals surface area contributed by atoms with E-state index in [0.717, 1.165) is 5.76 Å². The van der Waals surface area contributed by atoms with Crippen LogP contribution in [0.3, 0.4) is 0 Å². The van der Waals surface area contributed by atoms with E-state index in [0.29, 0.717) is 24.2 Å². The molecule has 0 aliphatic carbocycles. The molecule has 0 aromatic carbocycles. The van der Waals surface area contributed by atoms with Gasteiger partial charge in [-0.2, -0.15) is 0 Å². The first-order valence-electron chi connectivity index (χ1n) is 4.27. The van der Waals surface area contributed by atoms with Crippen molar-refractivity contribution in [2.75, 3.05) is 24.2 Å². The summed E-state index contributed by atoms with van der Waals surface area (Å²) in [6.07, 6.45) is 3.47. The summed E-state index contributed by atoms with van der Waals surface area (Å²) in [5.41, 5.74) is -0.359. The third-order valence-electron chi connectivity index (χ3n) is 1.88. The molecule has 0 saturated carbocycles. The molecule has 4 heteroatoms. The Morgan fingerprint density at radius 1 is 1.29 bits per heavy atom. The van der Waals surface area contributed by atoms with Crippen molar-refractivity contribution in [2.45, 2.75) is 6.92 Å². The van der Waals surface area contributed by atoms with Crippen LogP contribution in [0.5, 0.6) is 0 Å². The second-order valence-corrected chi connectivity index (χ2v) is 3.89. The molecule has 0 N–H and O–H groups in total. The molecule has 0 rings (SSSR count). The molecule has 0 aliphatic rings. The van der Waals surface area contributed by atoms with Crippen molar-refractivity contribution in [3.63, 3.8) is 0 Å². The van der Waals surface area contributed by atoms with Crippen molar-refractivity contribution in [2.24, 2.45) is 5.41 Å². The van der Waals surface area contributed by atoms with E-state index < -0.39 is 0 Å². The topological polar surface area (TPSA) is 9.23 Å². The van der Waals surface area contributed by atoms with Crippen LogP contribution in [0, 0.1) is 5.41 Å². The third kappa shape index (κ3) is 4.12. The van der Waals surface area contributed by atoms with Gasteiger partial charge in [0.15, 0.2) is 0 Å². The van der Waals surface area contributed by atoms with E-state index in [9.17, 15) is 0 Å². The van der Waals surface area contributed by atoms with Gasteiger partial charge in [-0.15, -0.1) is 34.8 Å². The van der Waals surface area contributed by atoms with Gasteiger partial charge in [0.05, 0.1) is 6.61 Å². The molecule has 1 nitrogen and oxygen atoms in total. The maximum Gasteiger partial charge on any atom is 0.114 e. The van der Waals surface area contributed by atoms with Crippen molar-refractivity contribution in [1.29, 1.82) is 0 Å². The fourth-order valence-corrected chi connectivity index (χ4v) is 1.81. The third-order valence-corrected chi connectivity index (χ3v) is 3.58. The summed E-state index contributed by atoms with van der Waals surface area (Å²) in [6.45, 7) is 5.91. The summed E-state index contributed by atoms with van der Waals surface area (Å²) in [5, 5.41) is 0. The minimum absolute atomic E-state index is 0.359. The first-order chi connectivity index (χ1) is 6.67. The van der Waals surface area contributed by atoms with Gasteiger partial charge in [-0.05, 0) is 19.1 Å². The zero-order valence-corrected chi connectivity index (χ0v) is 10.5. The number of hydrogen-bond donors (Lipinski definition) is 0. The number of halogens is 3. The van der Waals surface area contributed by atoms with Crippen LogP contribution < -0.4 is 0 Å². The fourth-order valence-electron chi connectivity index (χ4n) is 0.719. The Balaban J connectivity index is 4.25. The second-order valence-electron chi connectivity index (χ2n) is 3.08. The highest BCUT2D eigenvalue weighted by Gasteiger charge is 2.28. The molecule has 0 aliphatic heterocycles. The highest BCUT2D eigenvalue weighted by Crippen LogP contribution is 2.24. The molecule has 0 aromatic rings. The standard InChI is InChI=1S/C10H15Cl3O/c1-3-9(4-2)14-8-10(5-11,6-12)7-13/h3-4H,1,5-8H2,2H3/b9-4+. The average molecular weight is 258 g/mol. The predicted molar refractivity (Wildman–Crippen MR) is 64.5 cm³/mol. The van der Waals surface area contributed by atoms with Gasteiger partial charge < -0.3 is 4.74 Å². The first-order valence-corrected chi connectivity index (χ1v) is 5.88. The first kappa shape index (κ1) is 14.2. The summed E-state index contributed by atoms with van der Waals surface area (Å²) >= 11 is 17.4. The zero-order valence-electron chi connectivity index (χ0n) is 8.23. The molecule has 0 amide bonds. The second kappa shape index (κ2) is 7.44. The largest absolute Gasteiger partial charge is 0.493 e. The van der Waals surface area contributed by atoms with Crippen LogP contribution in [0.1, 0.15) is 6.92 Å². The predicted octanol–water partition coefficient (Wildman–Crippen LogP) is 3.80. The molecule has 0 unspecified atom stereocenters. The lowest BCUT2D eigenvalue weighted by atomic mass is 9.97. The number of allylic oxidation sites excluding steroid dienone is 2. The van der Waals surface area contributed by atoms with Crippen molar-refractivity contribution in [3.05, 3.63) is 24.5 Å². The van der Waals surface area contributed by atoms with Crippen molar-refractivity contribution < 1.29 is 4.74 Å². The van der Waals surface area contributed by atoms with Crippen LogP contribution >= 0.6 is 34.8 Å². The molecule has 14 heavy (non-hydrogen) atoms. The normalized spacial score (nSPS) is 12.7. The van der Waals surface area contributed by atoms with Crippen LogP contribution in [0.15, 0.2) is 24.5 Å². The van der Waals surface area contributed by atoms with Crippen LogP contribution in [-0.4, -0.2) is 24.2 Å². The van der Waals surface area contributed by atoms with Gasteiger partial charge in [0.1, 0.15) is 5.76 Å². The van der Waals surface area contributed by atoms with E-state index in [1.165, 1.54) is 0 Å². The number of ether oxygens (including phenoxy) is 1. The van der Waals surface area contributed by atoms with Crippen molar-refractivity contribution in [3.8, 4) is 0 Å². The molecule has 0 saturated heterocycles. The molecule has 0 fully saturated rings. The maximum absolute atomic E-state index is 5.80. The molecule has 0 radical (unpaired) electrons. The van der Waals surface area contributed by atoms with Crippen LogP contribution in [0.2, 0.25) is 0 Å². The van der Waals surface area contributed by atoms with Gasteiger partial charge in [0.25, 0.3) is 0 Å². The Bertz CT molecular complexity index is 189. The van der Waals surface area contributed by atoms with E-state index in [2.05, 4.69) is 6.58 Å². The Morgan fingerprint density at radius 2 is 1.79 bits per heavy atom. The highest BCUT2D eigenvalue weighted by molar-refractivity contribution is 6.24. The molecule has 0 spiro atoms. The summed E-state index contributed by atoms with van der Waals surface area (Å²) in [5.74, 6) is 1.87. The van der Waals surface area contributed by atoms with Gasteiger partial charge in [0.2, 0.25) is 0 Å². The molecule has 0 atom stereocenters. The molecule has 0 heterocycles. The maximum atomic E-state index is 5.80. The van der Waals surface area contributed by atoms with Crippen LogP contribution in [0.4, 0.5) is 0 Å². The number of hydrogen-bond acceptors (Lipinski definition) is 1. The monoisotopic (exact) mass is 256 g/mol. The lowest BCUT2D eigenvalue weighted by Crippen LogP contribution is -2.32. The molecule has 0 bridgehead atoms. The van der Waals surface area contributed by atoms with E-state index in [1.54, 1.807) is 6.08 Å². The summed E-state index contributed by atoms with van der Waals surface area (Å²) in [4.78, 5) is 0. The van der Waals surface area contributed by atoms with Crippen LogP contribution in [-0.2, 0) is 4.74 Å². The molecular formula is C10H15Cl3O. The van der Waals surface area contributed by atoms with Crippen LogP contribution in [0.25, 0.3) is 0 Å². The van der Waals surface area contributed by atoms with E-state index in [1.807, 2.05) is 13.0 Å². The zero-order chi connectivity index (χ0) is 11.0. The summed E-state index contributed by atoms with van der Waals surface area (Å²) in [6, 6.07) is 0. The van der Waals surface area contributed by atoms with E-state index in [4.69, 9.17) is 39.5 Å². The number of rotatable bonds is 7. The highest BCUT2D eigenvalue weighted by atomic mass is 35.5. The van der Waals surface area contributed by atoms with Gasteiger partial charge >= 0.3 is 0 Å². The Morgan fingerprint density at radius 3 is 2.07 bits per heavy atom. The van der Waals surface area contributed by atoms with Gasteiger partial charge in [0, 0.05) is 23.1 Å². The molecule has 82 valence electrons. The minimum Gasteiger partial charge on any atom is -0.493 e. The Kier molecular flexibility index (Phi) is 7.52. The average Bonchev–Trinajstić information content (AvgIpc) is 2.26. The Hall–Kier alpha value is 0.150. The molecular weight excluding hydrogens is 242 g/mol. The minimum atomic E-state index is -0.359. The lowest BCUT2D eigenvalue weighted by Gasteiger charge is -2.26. The van der Waals surface area contributed by atoms with Gasteiger partial charge in [-0.3, -0.25) is 0 Å². The smallest absolute Gasteiger partial charge is 0.114 e. The SMILES string of the molecule is C=C/C(=C\C)OCC(CCl)(CCl)CCl. The fraction of sp³-hybridized carbons (Fsp3) is 0.600. The van der Waals surface area contributed by atoms with E-state index >= 15 is 0 Å². The Labute approximate surface area is 101 Å². The van der Waals surface area contributed by atoms with Gasteiger partial charge in [-0.1, -0.05) is 6.58 Å². The quantitative estimate of drug-likeness (QED) is 0.383. The van der Waals surface area contributed by atoms with Crippen molar-refractivity contribution >= 4 is 34.8 Å². The van der Waals surface area contributed by atoms with E-state index in [-0.39, 0.29) is 5.41 Å². The van der Waals surface area contributed by atoms with Gasteiger partial charge in [-0.25, -0.2) is 0 Å². The number of alkyl halides is 3.